The van der Waals surface area contributed by atoms with Gasteiger partial charge >= 0.3 is 0 Å². The van der Waals surface area contributed by atoms with E-state index in [9.17, 15) is 9.59 Å². The zero-order valence-corrected chi connectivity index (χ0v) is 17.5. The number of likely N-dealkylation sites (tertiary alicyclic amines) is 1. The molecule has 6 heteroatoms. The van der Waals surface area contributed by atoms with Crippen LogP contribution in [0.3, 0.4) is 0 Å². The highest BCUT2D eigenvalue weighted by Crippen LogP contribution is 2.34. The van der Waals surface area contributed by atoms with Gasteiger partial charge in [-0.15, -0.1) is 0 Å². The van der Waals surface area contributed by atoms with Crippen LogP contribution in [0.25, 0.3) is 0 Å². The van der Waals surface area contributed by atoms with Gasteiger partial charge in [-0.25, -0.2) is 0 Å². The second-order valence-electron chi connectivity index (χ2n) is 8.02. The highest BCUT2D eigenvalue weighted by Gasteiger charge is 2.24. The van der Waals surface area contributed by atoms with E-state index in [1.54, 1.807) is 18.1 Å². The summed E-state index contributed by atoms with van der Waals surface area (Å²) in [6, 6.07) is 13.2. The average Bonchev–Trinajstić information content (AvgIpc) is 3.20. The van der Waals surface area contributed by atoms with Gasteiger partial charge in [0.2, 0.25) is 5.91 Å². The first-order valence-corrected chi connectivity index (χ1v) is 10.7. The highest BCUT2D eigenvalue weighted by atomic mass is 16.5. The van der Waals surface area contributed by atoms with E-state index in [4.69, 9.17) is 4.74 Å². The molecule has 0 radical (unpaired) electrons. The number of rotatable bonds is 6. The quantitative estimate of drug-likeness (QED) is 0.784. The van der Waals surface area contributed by atoms with E-state index in [1.807, 2.05) is 36.4 Å². The molecule has 2 aliphatic heterocycles. The number of amides is 2. The molecule has 0 atom stereocenters. The van der Waals surface area contributed by atoms with Crippen LogP contribution in [-0.4, -0.2) is 43.5 Å². The van der Waals surface area contributed by atoms with Crippen LogP contribution in [0.15, 0.2) is 42.5 Å². The molecule has 0 spiro atoms. The second-order valence-corrected chi connectivity index (χ2v) is 8.02. The van der Waals surface area contributed by atoms with Gasteiger partial charge in [0.05, 0.1) is 12.8 Å². The first-order chi connectivity index (χ1) is 14.6. The number of benzene rings is 2. The lowest BCUT2D eigenvalue weighted by Crippen LogP contribution is -2.29. The summed E-state index contributed by atoms with van der Waals surface area (Å²) in [5.74, 6) is 0.529. The summed E-state index contributed by atoms with van der Waals surface area (Å²) < 4.78 is 5.47. The molecule has 6 nitrogen and oxygen atoms in total. The molecular weight excluding hydrogens is 378 g/mol. The van der Waals surface area contributed by atoms with E-state index < -0.39 is 0 Å². The van der Waals surface area contributed by atoms with Crippen molar-refractivity contribution in [1.82, 2.24) is 4.90 Å². The van der Waals surface area contributed by atoms with Crippen molar-refractivity contribution in [2.75, 3.05) is 37.0 Å². The molecule has 2 fully saturated rings. The van der Waals surface area contributed by atoms with E-state index in [-0.39, 0.29) is 11.8 Å². The van der Waals surface area contributed by atoms with Crippen molar-refractivity contribution in [1.29, 1.82) is 0 Å². The van der Waals surface area contributed by atoms with Crippen LogP contribution in [0.1, 0.15) is 48.0 Å². The van der Waals surface area contributed by atoms with Gasteiger partial charge in [-0.3, -0.25) is 14.5 Å². The number of piperidine rings is 1. The van der Waals surface area contributed by atoms with Crippen LogP contribution >= 0.6 is 0 Å². The van der Waals surface area contributed by atoms with Gasteiger partial charge in [-0.05, 0) is 62.2 Å². The molecule has 0 aromatic heterocycles. The van der Waals surface area contributed by atoms with Crippen molar-refractivity contribution < 1.29 is 14.3 Å². The SMILES string of the molecule is COc1cc(NC(=O)c2ccc(CN3CCCCC3)cc2)ccc1N1CCCC1=O. The predicted octanol–water partition coefficient (Wildman–Crippen LogP) is 4.06. The maximum atomic E-state index is 12.7. The normalized spacial score (nSPS) is 17.2. The molecule has 0 saturated carbocycles. The van der Waals surface area contributed by atoms with Crippen LogP contribution in [0.5, 0.6) is 5.75 Å². The van der Waals surface area contributed by atoms with Crippen LogP contribution in [0.2, 0.25) is 0 Å². The van der Waals surface area contributed by atoms with Gasteiger partial charge in [0.1, 0.15) is 5.75 Å². The fraction of sp³-hybridized carbons (Fsp3) is 0.417. The lowest BCUT2D eigenvalue weighted by molar-refractivity contribution is -0.117. The van der Waals surface area contributed by atoms with E-state index in [2.05, 4.69) is 10.2 Å². The van der Waals surface area contributed by atoms with Crippen molar-refractivity contribution in [2.45, 2.75) is 38.6 Å². The smallest absolute Gasteiger partial charge is 0.255 e. The molecule has 0 bridgehead atoms. The zero-order chi connectivity index (χ0) is 20.9. The Labute approximate surface area is 177 Å². The minimum atomic E-state index is -0.161. The number of ether oxygens (including phenoxy) is 1. The summed E-state index contributed by atoms with van der Waals surface area (Å²) in [6.07, 6.45) is 5.29. The third-order valence-corrected chi connectivity index (χ3v) is 5.87. The Morgan fingerprint density at radius 1 is 1.00 bits per heavy atom. The molecule has 4 rings (SSSR count). The Morgan fingerprint density at radius 3 is 2.43 bits per heavy atom. The molecule has 0 unspecified atom stereocenters. The van der Waals surface area contributed by atoms with Crippen LogP contribution < -0.4 is 15.0 Å². The summed E-state index contributed by atoms with van der Waals surface area (Å²) >= 11 is 0. The maximum absolute atomic E-state index is 12.7. The van der Waals surface area contributed by atoms with Crippen molar-refractivity contribution in [3.05, 3.63) is 53.6 Å². The standard InChI is InChI=1S/C24H29N3O3/c1-30-22-16-20(11-12-21(22)27-15-5-6-23(27)28)25-24(29)19-9-7-18(8-10-19)17-26-13-3-2-4-14-26/h7-12,16H,2-6,13-15,17H2,1H3,(H,25,29). The van der Waals surface area contributed by atoms with Crippen LogP contribution in [0.4, 0.5) is 11.4 Å². The molecule has 2 aliphatic rings. The van der Waals surface area contributed by atoms with Crippen LogP contribution in [-0.2, 0) is 11.3 Å². The minimum absolute atomic E-state index is 0.106. The van der Waals surface area contributed by atoms with Gasteiger partial charge in [0, 0.05) is 36.8 Å². The number of anilines is 2. The molecular formula is C24H29N3O3. The summed E-state index contributed by atoms with van der Waals surface area (Å²) in [5.41, 5.74) is 3.25. The van der Waals surface area contributed by atoms with E-state index in [0.29, 0.717) is 30.0 Å². The maximum Gasteiger partial charge on any atom is 0.255 e. The number of carbonyl (C=O) groups is 2. The largest absolute Gasteiger partial charge is 0.494 e. The lowest BCUT2D eigenvalue weighted by Gasteiger charge is -2.26. The predicted molar refractivity (Wildman–Crippen MR) is 118 cm³/mol. The molecule has 0 aliphatic carbocycles. The van der Waals surface area contributed by atoms with E-state index in [1.165, 1.54) is 24.8 Å². The highest BCUT2D eigenvalue weighted by molar-refractivity contribution is 6.05. The number of carbonyl (C=O) groups excluding carboxylic acids is 2. The van der Waals surface area contributed by atoms with Gasteiger partial charge in [-0.2, -0.15) is 0 Å². The first-order valence-electron chi connectivity index (χ1n) is 10.7. The topological polar surface area (TPSA) is 61.9 Å². The van der Waals surface area contributed by atoms with Crippen molar-refractivity contribution in [3.8, 4) is 5.75 Å². The molecule has 158 valence electrons. The Kier molecular flexibility index (Phi) is 6.33. The summed E-state index contributed by atoms with van der Waals surface area (Å²) in [4.78, 5) is 28.9. The second kappa shape index (κ2) is 9.30. The van der Waals surface area contributed by atoms with Crippen LogP contribution in [0, 0.1) is 0 Å². The van der Waals surface area contributed by atoms with E-state index in [0.717, 1.165) is 31.7 Å². The van der Waals surface area contributed by atoms with Crippen molar-refractivity contribution in [2.24, 2.45) is 0 Å². The molecule has 30 heavy (non-hydrogen) atoms. The van der Waals surface area contributed by atoms with Crippen molar-refractivity contribution in [3.63, 3.8) is 0 Å². The van der Waals surface area contributed by atoms with E-state index >= 15 is 0 Å². The number of nitrogens with zero attached hydrogens (tertiary/aromatic N) is 2. The fourth-order valence-electron chi connectivity index (χ4n) is 4.22. The molecule has 1 N–H and O–H groups in total. The third-order valence-electron chi connectivity index (χ3n) is 5.87. The average molecular weight is 408 g/mol. The molecule has 2 heterocycles. The first kappa shape index (κ1) is 20.4. The fourth-order valence-corrected chi connectivity index (χ4v) is 4.22. The van der Waals surface area contributed by atoms with Gasteiger partial charge < -0.3 is 15.0 Å². The third kappa shape index (κ3) is 4.65. The van der Waals surface area contributed by atoms with Gasteiger partial charge in [0.25, 0.3) is 5.91 Å². The van der Waals surface area contributed by atoms with Crippen molar-refractivity contribution >= 4 is 23.2 Å². The molecule has 2 amide bonds. The number of hydrogen-bond acceptors (Lipinski definition) is 4. The minimum Gasteiger partial charge on any atom is -0.494 e. The Bertz CT molecular complexity index is 904. The van der Waals surface area contributed by atoms with Gasteiger partial charge in [0.15, 0.2) is 0 Å². The Balaban J connectivity index is 1.41. The summed E-state index contributed by atoms with van der Waals surface area (Å²) in [7, 11) is 1.58. The Hall–Kier alpha value is -2.86. The number of methoxy groups -OCH3 is 1. The summed E-state index contributed by atoms with van der Waals surface area (Å²) in [5, 5.41) is 2.93. The summed E-state index contributed by atoms with van der Waals surface area (Å²) in [6.45, 7) is 3.95. The monoisotopic (exact) mass is 407 g/mol. The van der Waals surface area contributed by atoms with Gasteiger partial charge in [-0.1, -0.05) is 18.6 Å². The molecule has 2 aromatic carbocycles. The number of nitrogens with one attached hydrogen (secondary N) is 1. The zero-order valence-electron chi connectivity index (χ0n) is 17.5. The molecule has 2 saturated heterocycles. The lowest BCUT2D eigenvalue weighted by atomic mass is 10.1. The molecule has 2 aromatic rings. The Morgan fingerprint density at radius 2 is 1.77 bits per heavy atom. The number of hydrogen-bond donors (Lipinski definition) is 1.